The number of rotatable bonds is 54. The second kappa shape index (κ2) is 47.1. The highest BCUT2D eigenvalue weighted by molar-refractivity contribution is 5.79. The Morgan fingerprint density at radius 1 is 0.373 bits per heavy atom. The van der Waals surface area contributed by atoms with Gasteiger partial charge < -0.3 is 24.3 Å². The molecule has 480 valence electrons. The first-order valence-corrected chi connectivity index (χ1v) is 35.6. The number of amides is 1. The minimum Gasteiger partial charge on any atom is -0.490 e. The first-order valence-electron chi connectivity index (χ1n) is 35.6. The SMILES string of the molecule is CC(C)CCC[C@@H](C)CCC[C@@H](C)CCCC(C)CCOc1ccc(C(NC(=O)CCC=O)c2ccccc2)c(OCCC(C)CCC[C@H](C)CCC[C@H](C)CCCC(C)C)c1OCCC(C)CCC[C@H](C)CCC[C@H](C)CCCC(C)C. The maximum atomic E-state index is 13.6. The van der Waals surface area contributed by atoms with Crippen LogP contribution < -0.4 is 19.5 Å². The van der Waals surface area contributed by atoms with E-state index in [0.29, 0.717) is 54.8 Å². The van der Waals surface area contributed by atoms with E-state index in [2.05, 4.69) is 133 Å². The Morgan fingerprint density at radius 3 is 1.00 bits per heavy atom. The molecule has 2 aromatic carbocycles. The van der Waals surface area contributed by atoms with Gasteiger partial charge in [0.15, 0.2) is 11.5 Å². The fourth-order valence-electron chi connectivity index (χ4n) is 12.5. The summed E-state index contributed by atoms with van der Waals surface area (Å²) in [5.74, 6) is 10.7. The molecule has 6 nitrogen and oxygen atoms in total. The van der Waals surface area contributed by atoms with Crippen LogP contribution in [0, 0.1) is 71.0 Å². The molecule has 0 aliphatic heterocycles. The minimum absolute atomic E-state index is 0.130. The van der Waals surface area contributed by atoms with E-state index in [1.807, 2.05) is 18.2 Å². The Labute approximate surface area is 515 Å². The van der Waals surface area contributed by atoms with Gasteiger partial charge in [-0.25, -0.2) is 0 Å². The van der Waals surface area contributed by atoms with Gasteiger partial charge in [-0.2, -0.15) is 0 Å². The van der Waals surface area contributed by atoms with Gasteiger partial charge in [-0.15, -0.1) is 0 Å². The van der Waals surface area contributed by atoms with E-state index in [0.717, 1.165) is 89.9 Å². The largest absolute Gasteiger partial charge is 0.490 e. The first kappa shape index (κ1) is 76.1. The van der Waals surface area contributed by atoms with Gasteiger partial charge in [0.1, 0.15) is 6.29 Å². The lowest BCUT2D eigenvalue weighted by Gasteiger charge is -2.26. The lowest BCUT2D eigenvalue weighted by molar-refractivity contribution is -0.123. The molecular weight excluding hydrogens is 1020 g/mol. The van der Waals surface area contributed by atoms with E-state index in [-0.39, 0.29) is 18.7 Å². The molecule has 0 bridgehead atoms. The van der Waals surface area contributed by atoms with Crippen molar-refractivity contribution in [3.05, 3.63) is 53.6 Å². The Kier molecular flexibility index (Phi) is 43.2. The highest BCUT2D eigenvalue weighted by atomic mass is 16.5. The number of benzene rings is 2. The first-order chi connectivity index (χ1) is 39.8. The van der Waals surface area contributed by atoms with Gasteiger partial charge in [0.2, 0.25) is 11.7 Å². The van der Waals surface area contributed by atoms with Crippen molar-refractivity contribution in [3.8, 4) is 17.2 Å². The van der Waals surface area contributed by atoms with Crippen molar-refractivity contribution in [1.29, 1.82) is 0 Å². The topological polar surface area (TPSA) is 73.9 Å². The van der Waals surface area contributed by atoms with Gasteiger partial charge in [0, 0.05) is 18.4 Å². The normalized spacial score (nSPS) is 15.6. The summed E-state index contributed by atoms with van der Waals surface area (Å²) >= 11 is 0. The molecule has 2 aromatic rings. The molecule has 0 aliphatic carbocycles. The molecule has 1 amide bonds. The Bertz CT molecular complexity index is 1860. The monoisotopic (exact) mass is 1160 g/mol. The summed E-state index contributed by atoms with van der Waals surface area (Å²) in [6.45, 7) is 37.6. The molecule has 0 radical (unpaired) electrons. The second-order valence-corrected chi connectivity index (χ2v) is 29.3. The van der Waals surface area contributed by atoms with Crippen molar-refractivity contribution in [2.24, 2.45) is 71.0 Å². The predicted molar refractivity (Wildman–Crippen MR) is 360 cm³/mol. The molecule has 10 atom stereocenters. The van der Waals surface area contributed by atoms with E-state index in [4.69, 9.17) is 14.2 Å². The van der Waals surface area contributed by atoms with Crippen LogP contribution in [0.25, 0.3) is 0 Å². The third kappa shape index (κ3) is 38.7. The minimum atomic E-state index is -0.502. The zero-order valence-electron chi connectivity index (χ0n) is 57.4. The van der Waals surface area contributed by atoms with Gasteiger partial charge >= 0.3 is 0 Å². The van der Waals surface area contributed by atoms with Crippen molar-refractivity contribution in [3.63, 3.8) is 0 Å². The maximum absolute atomic E-state index is 13.6. The van der Waals surface area contributed by atoms with Crippen LogP contribution in [-0.2, 0) is 9.59 Å². The summed E-state index contributed by atoms with van der Waals surface area (Å²) in [7, 11) is 0. The molecule has 6 heteroatoms. The lowest BCUT2D eigenvalue weighted by Crippen LogP contribution is -2.29. The van der Waals surface area contributed by atoms with E-state index < -0.39 is 6.04 Å². The predicted octanol–water partition coefficient (Wildman–Crippen LogP) is 23.4. The molecule has 0 saturated carbocycles. The van der Waals surface area contributed by atoms with E-state index in [1.165, 1.54) is 173 Å². The number of ether oxygens (including phenoxy) is 3. The summed E-state index contributed by atoms with van der Waals surface area (Å²) in [5, 5.41) is 3.32. The van der Waals surface area contributed by atoms with E-state index >= 15 is 0 Å². The van der Waals surface area contributed by atoms with Crippen LogP contribution in [0.15, 0.2) is 42.5 Å². The summed E-state index contributed by atoms with van der Waals surface area (Å²) in [6, 6.07) is 13.8. The number of carbonyl (C=O) groups excluding carboxylic acids is 2. The molecule has 0 fully saturated rings. The van der Waals surface area contributed by atoms with Crippen LogP contribution in [-0.4, -0.2) is 32.0 Å². The fraction of sp³-hybridized carbons (Fsp3) is 0.818. The smallest absolute Gasteiger partial charge is 0.221 e. The zero-order valence-corrected chi connectivity index (χ0v) is 57.4. The molecule has 1 N–H and O–H groups in total. The molecule has 0 aromatic heterocycles. The van der Waals surface area contributed by atoms with Crippen LogP contribution in [0.5, 0.6) is 17.2 Å². The second-order valence-electron chi connectivity index (χ2n) is 29.3. The van der Waals surface area contributed by atoms with Crippen molar-refractivity contribution < 1.29 is 23.8 Å². The maximum Gasteiger partial charge on any atom is 0.221 e. The average Bonchev–Trinajstić information content (AvgIpc) is 3.61. The van der Waals surface area contributed by atoms with E-state index in [1.54, 1.807) is 0 Å². The van der Waals surface area contributed by atoms with Crippen LogP contribution in [0.1, 0.15) is 326 Å². The zero-order chi connectivity index (χ0) is 61.2. The van der Waals surface area contributed by atoms with Crippen molar-refractivity contribution in [2.45, 2.75) is 315 Å². The van der Waals surface area contributed by atoms with Crippen LogP contribution in [0.4, 0.5) is 0 Å². The van der Waals surface area contributed by atoms with E-state index in [9.17, 15) is 9.59 Å². The highest BCUT2D eigenvalue weighted by Crippen LogP contribution is 2.45. The quantitative estimate of drug-likeness (QED) is 0.0668. The standard InChI is InChI=1S/C77H137NO5/c1-59(2)29-19-32-62(7)35-22-38-65(10)41-25-44-68(13)52-56-81-73-51-50-72(75(71-47-17-16-18-48-71)78-74(80)49-28-55-79)76(82-57-53-69(14)45-26-42-66(11)39-23-36-63(8)33-20-30-60(3)4)77(73)83-58-54-70(15)46-27-43-67(12)40-24-37-64(9)34-21-31-61(5)6/h16-18,47-48,50-51,55,59-70,75H,19-46,49,52-54,56-58H2,1-15H3,(H,78,80)/t62-,63-,64-,65-,66-,67-,68?,69?,70?,75?/m1/s1. The summed E-state index contributed by atoms with van der Waals surface area (Å²) in [5.41, 5.74) is 1.80. The van der Waals surface area contributed by atoms with Crippen molar-refractivity contribution >= 4 is 12.2 Å². The Balaban J connectivity index is 2.28. The molecule has 0 saturated heterocycles. The van der Waals surface area contributed by atoms with Gasteiger partial charge in [-0.1, -0.05) is 308 Å². The summed E-state index contributed by atoms with van der Waals surface area (Å²) in [4.78, 5) is 25.1. The average molecular weight is 1160 g/mol. The number of hydrogen-bond donors (Lipinski definition) is 1. The number of nitrogens with one attached hydrogen (secondary N) is 1. The van der Waals surface area contributed by atoms with Gasteiger partial charge in [-0.3, -0.25) is 4.79 Å². The third-order valence-corrected chi connectivity index (χ3v) is 18.7. The molecule has 4 unspecified atom stereocenters. The lowest BCUT2D eigenvalue weighted by atomic mass is 9.91. The van der Waals surface area contributed by atoms with Gasteiger partial charge in [0.05, 0.1) is 25.9 Å². The molecule has 2 rings (SSSR count). The molecular formula is C77H137NO5. The van der Waals surface area contributed by atoms with Crippen molar-refractivity contribution in [1.82, 2.24) is 5.32 Å². The highest BCUT2D eigenvalue weighted by Gasteiger charge is 2.27. The fourth-order valence-corrected chi connectivity index (χ4v) is 12.5. The summed E-state index contributed by atoms with van der Waals surface area (Å²) < 4.78 is 20.9. The van der Waals surface area contributed by atoms with Gasteiger partial charge in [-0.05, 0) is 108 Å². The molecule has 0 heterocycles. The molecule has 0 aliphatic rings. The van der Waals surface area contributed by atoms with Crippen LogP contribution in [0.2, 0.25) is 0 Å². The van der Waals surface area contributed by atoms with Crippen LogP contribution >= 0.6 is 0 Å². The Hall–Kier alpha value is -3.02. The van der Waals surface area contributed by atoms with Gasteiger partial charge in [0.25, 0.3) is 0 Å². The summed E-state index contributed by atoms with van der Waals surface area (Å²) in [6.07, 6.45) is 39.6. The van der Waals surface area contributed by atoms with Crippen LogP contribution in [0.3, 0.4) is 0 Å². The molecule has 83 heavy (non-hydrogen) atoms. The number of carbonyl (C=O) groups is 2. The van der Waals surface area contributed by atoms with Crippen molar-refractivity contribution in [2.75, 3.05) is 19.8 Å². The number of aldehydes is 1. The Morgan fingerprint density at radius 2 is 0.675 bits per heavy atom. The third-order valence-electron chi connectivity index (χ3n) is 18.7. The number of hydrogen-bond acceptors (Lipinski definition) is 5. The molecule has 0 spiro atoms.